The first-order valence-electron chi connectivity index (χ1n) is 6.34. The van der Waals surface area contributed by atoms with E-state index in [0.29, 0.717) is 11.3 Å². The van der Waals surface area contributed by atoms with Crippen molar-refractivity contribution in [3.8, 4) is 0 Å². The third-order valence-electron chi connectivity index (χ3n) is 3.43. The molecule has 1 saturated heterocycles. The van der Waals surface area contributed by atoms with Crippen molar-refractivity contribution in [3.05, 3.63) is 0 Å². The summed E-state index contributed by atoms with van der Waals surface area (Å²) in [4.78, 5) is 24.8. The molecular formula is C12H19F3N2O2. The molecule has 7 heteroatoms. The van der Waals surface area contributed by atoms with Crippen molar-refractivity contribution in [2.45, 2.75) is 57.8 Å². The van der Waals surface area contributed by atoms with Crippen molar-refractivity contribution in [3.63, 3.8) is 0 Å². The zero-order chi connectivity index (χ0) is 14.8. The molecule has 110 valence electrons. The van der Waals surface area contributed by atoms with E-state index in [1.54, 1.807) is 13.8 Å². The predicted octanol–water partition coefficient (Wildman–Crippen LogP) is 1.84. The number of hydrogen-bond donors (Lipinski definition) is 1. The largest absolute Gasteiger partial charge is 0.406 e. The van der Waals surface area contributed by atoms with E-state index in [0.717, 1.165) is 0 Å². The van der Waals surface area contributed by atoms with Crippen LogP contribution in [0.4, 0.5) is 13.2 Å². The molecule has 1 aliphatic heterocycles. The average Bonchev–Trinajstić information content (AvgIpc) is 2.29. The molecule has 0 spiro atoms. The van der Waals surface area contributed by atoms with Gasteiger partial charge in [0.15, 0.2) is 0 Å². The first kappa shape index (κ1) is 15.8. The van der Waals surface area contributed by atoms with Gasteiger partial charge in [0, 0.05) is 0 Å². The summed E-state index contributed by atoms with van der Waals surface area (Å²) in [5.74, 6) is -1.17. The van der Waals surface area contributed by atoms with Crippen molar-refractivity contribution in [2.24, 2.45) is 0 Å². The molecule has 0 aromatic carbocycles. The molecule has 2 amide bonds. The van der Waals surface area contributed by atoms with Crippen LogP contribution in [0.1, 0.15) is 40.0 Å². The van der Waals surface area contributed by atoms with Crippen LogP contribution in [0.5, 0.6) is 0 Å². The highest BCUT2D eigenvalue weighted by Crippen LogP contribution is 2.27. The van der Waals surface area contributed by atoms with Crippen LogP contribution in [-0.2, 0) is 9.59 Å². The summed E-state index contributed by atoms with van der Waals surface area (Å²) in [6, 6.07) is -1.03. The Bertz CT molecular complexity index is 370. The van der Waals surface area contributed by atoms with Crippen molar-refractivity contribution in [2.75, 3.05) is 6.54 Å². The van der Waals surface area contributed by atoms with Gasteiger partial charge in [-0.2, -0.15) is 13.2 Å². The van der Waals surface area contributed by atoms with E-state index in [1.165, 1.54) is 6.92 Å². The van der Waals surface area contributed by atoms with Gasteiger partial charge in [-0.25, -0.2) is 0 Å². The number of hydrogen-bond acceptors (Lipinski definition) is 2. The summed E-state index contributed by atoms with van der Waals surface area (Å²) in [5, 5.41) is 2.55. The van der Waals surface area contributed by atoms with Crippen molar-refractivity contribution < 1.29 is 22.8 Å². The lowest BCUT2D eigenvalue weighted by molar-refractivity contribution is -0.178. The second-order valence-electron chi connectivity index (χ2n) is 5.03. The van der Waals surface area contributed by atoms with Crippen molar-refractivity contribution >= 4 is 11.8 Å². The topological polar surface area (TPSA) is 49.4 Å². The predicted molar refractivity (Wildman–Crippen MR) is 63.3 cm³/mol. The molecule has 19 heavy (non-hydrogen) atoms. The number of nitrogens with zero attached hydrogens (tertiary/aromatic N) is 1. The third-order valence-corrected chi connectivity index (χ3v) is 3.43. The maximum atomic E-state index is 12.6. The zero-order valence-electron chi connectivity index (χ0n) is 11.3. The Kier molecular flexibility index (Phi) is 4.47. The van der Waals surface area contributed by atoms with E-state index in [-0.39, 0.29) is 12.8 Å². The van der Waals surface area contributed by atoms with E-state index in [4.69, 9.17) is 0 Å². The van der Waals surface area contributed by atoms with Crippen LogP contribution >= 0.6 is 0 Å². The van der Waals surface area contributed by atoms with E-state index in [2.05, 4.69) is 5.32 Å². The van der Waals surface area contributed by atoms with E-state index >= 15 is 0 Å². The summed E-state index contributed by atoms with van der Waals surface area (Å²) in [6.45, 7) is 3.50. The lowest BCUT2D eigenvalue weighted by Crippen LogP contribution is -2.70. The number of carbonyl (C=O) groups excluding carboxylic acids is 2. The van der Waals surface area contributed by atoms with Crippen LogP contribution in [0.3, 0.4) is 0 Å². The van der Waals surface area contributed by atoms with Gasteiger partial charge >= 0.3 is 6.18 Å². The molecule has 1 rings (SSSR count). The molecule has 0 saturated carbocycles. The molecule has 1 heterocycles. The van der Waals surface area contributed by atoms with Gasteiger partial charge in [0.05, 0.1) is 0 Å². The Morgan fingerprint density at radius 2 is 1.89 bits per heavy atom. The van der Waals surface area contributed by atoms with Crippen LogP contribution in [0.15, 0.2) is 0 Å². The highest BCUT2D eigenvalue weighted by atomic mass is 19.4. The lowest BCUT2D eigenvalue weighted by Gasteiger charge is -2.44. The van der Waals surface area contributed by atoms with Gasteiger partial charge in [-0.3, -0.25) is 9.59 Å². The molecule has 0 bridgehead atoms. The van der Waals surface area contributed by atoms with Gasteiger partial charge in [-0.05, 0) is 19.8 Å². The third kappa shape index (κ3) is 3.39. The summed E-state index contributed by atoms with van der Waals surface area (Å²) < 4.78 is 37.8. The van der Waals surface area contributed by atoms with Crippen LogP contribution < -0.4 is 5.32 Å². The Balaban J connectivity index is 3.07. The van der Waals surface area contributed by atoms with Crippen LogP contribution in [0.25, 0.3) is 0 Å². The molecule has 0 radical (unpaired) electrons. The molecule has 0 aromatic rings. The minimum Gasteiger partial charge on any atom is -0.340 e. The number of rotatable bonds is 4. The molecule has 1 fully saturated rings. The zero-order valence-corrected chi connectivity index (χ0v) is 11.3. The smallest absolute Gasteiger partial charge is 0.340 e. The number of alkyl halides is 3. The molecule has 0 aliphatic carbocycles. The average molecular weight is 280 g/mol. The van der Waals surface area contributed by atoms with Gasteiger partial charge in [-0.1, -0.05) is 20.3 Å². The minimum absolute atomic E-state index is 0.230. The molecule has 2 atom stereocenters. The van der Waals surface area contributed by atoms with Crippen LogP contribution in [0.2, 0.25) is 0 Å². The standard InChI is InChI=1S/C12H19F3N2O2/c1-4-6-8-9(18)16-11(3,5-2)10(19)17(8)7-12(13,14)15/h8H,4-7H2,1-3H3,(H,16,18). The highest BCUT2D eigenvalue weighted by molar-refractivity contribution is 5.99. The Hall–Kier alpha value is -1.27. The number of carbonyl (C=O) groups is 2. The van der Waals surface area contributed by atoms with E-state index in [9.17, 15) is 22.8 Å². The van der Waals surface area contributed by atoms with Gasteiger partial charge in [0.25, 0.3) is 0 Å². The van der Waals surface area contributed by atoms with E-state index in [1.807, 2.05) is 0 Å². The Morgan fingerprint density at radius 3 is 2.32 bits per heavy atom. The SMILES string of the molecule is CCCC1C(=O)NC(C)(CC)C(=O)N1CC(F)(F)F. The Morgan fingerprint density at radius 1 is 1.32 bits per heavy atom. The quantitative estimate of drug-likeness (QED) is 0.854. The molecule has 0 aromatic heterocycles. The summed E-state index contributed by atoms with van der Waals surface area (Å²) in [6.07, 6.45) is -3.49. The van der Waals surface area contributed by atoms with E-state index < -0.39 is 36.1 Å². The van der Waals surface area contributed by atoms with Crippen LogP contribution in [-0.4, -0.2) is 41.0 Å². The van der Waals surface area contributed by atoms with Gasteiger partial charge in [0.1, 0.15) is 18.1 Å². The summed E-state index contributed by atoms with van der Waals surface area (Å²) >= 11 is 0. The molecule has 2 unspecified atom stereocenters. The Labute approximate surface area is 110 Å². The molecular weight excluding hydrogens is 261 g/mol. The minimum atomic E-state index is -4.51. The molecule has 4 nitrogen and oxygen atoms in total. The monoisotopic (exact) mass is 280 g/mol. The highest BCUT2D eigenvalue weighted by Gasteiger charge is 2.49. The number of halogens is 3. The molecule has 1 aliphatic rings. The van der Waals surface area contributed by atoms with Crippen molar-refractivity contribution in [1.29, 1.82) is 0 Å². The second kappa shape index (κ2) is 5.38. The number of amides is 2. The molecule has 1 N–H and O–H groups in total. The number of nitrogens with one attached hydrogen (secondary N) is 1. The van der Waals surface area contributed by atoms with Gasteiger partial charge < -0.3 is 10.2 Å². The fourth-order valence-electron chi connectivity index (χ4n) is 2.18. The van der Waals surface area contributed by atoms with Gasteiger partial charge in [-0.15, -0.1) is 0 Å². The van der Waals surface area contributed by atoms with Gasteiger partial charge in [0.2, 0.25) is 11.8 Å². The van der Waals surface area contributed by atoms with Crippen LogP contribution in [0, 0.1) is 0 Å². The fourth-order valence-corrected chi connectivity index (χ4v) is 2.18. The number of piperazine rings is 1. The van der Waals surface area contributed by atoms with Crippen molar-refractivity contribution in [1.82, 2.24) is 10.2 Å². The fraction of sp³-hybridized carbons (Fsp3) is 0.833. The maximum absolute atomic E-state index is 12.6. The second-order valence-corrected chi connectivity index (χ2v) is 5.03. The summed E-state index contributed by atoms with van der Waals surface area (Å²) in [7, 11) is 0. The lowest BCUT2D eigenvalue weighted by atomic mass is 9.90. The summed E-state index contributed by atoms with van der Waals surface area (Å²) in [5.41, 5.74) is -1.24. The first-order valence-corrected chi connectivity index (χ1v) is 6.34. The normalized spacial score (nSPS) is 28.5. The first-order chi connectivity index (χ1) is 8.64. The maximum Gasteiger partial charge on any atom is 0.406 e.